The van der Waals surface area contributed by atoms with Crippen LogP contribution >= 0.6 is 38.9 Å². The third-order valence-electron chi connectivity index (χ3n) is 1.90. The van der Waals surface area contributed by atoms with E-state index >= 15 is 0 Å². The van der Waals surface area contributed by atoms with Crippen LogP contribution in [0.3, 0.4) is 0 Å². The van der Waals surface area contributed by atoms with E-state index in [4.69, 9.17) is 16.7 Å². The molecule has 1 heterocycles. The van der Waals surface area contributed by atoms with Crippen LogP contribution in [-0.4, -0.2) is 10.1 Å². The predicted molar refractivity (Wildman–Crippen MR) is 66.2 cm³/mol. The van der Waals surface area contributed by atoms with Gasteiger partial charge in [-0.2, -0.15) is 0 Å². The van der Waals surface area contributed by atoms with Crippen LogP contribution in [0.4, 0.5) is 0 Å². The molecule has 0 atom stereocenters. The molecule has 15 heavy (non-hydrogen) atoms. The van der Waals surface area contributed by atoms with Crippen LogP contribution < -0.4 is 0 Å². The van der Waals surface area contributed by atoms with Crippen LogP contribution in [0.2, 0.25) is 4.34 Å². The summed E-state index contributed by atoms with van der Waals surface area (Å²) in [6.45, 7) is -0.125. The molecule has 0 aliphatic heterocycles. The van der Waals surface area contributed by atoms with Gasteiger partial charge in [-0.3, -0.25) is 0 Å². The smallest absolute Gasteiger partial charge is 0.126 e. The fourth-order valence-corrected chi connectivity index (χ4v) is 2.95. The summed E-state index contributed by atoms with van der Waals surface area (Å²) in [7, 11) is 0. The van der Waals surface area contributed by atoms with Crippen molar-refractivity contribution < 1.29 is 5.11 Å². The molecule has 0 fully saturated rings. The maximum Gasteiger partial charge on any atom is 0.126 e. The van der Waals surface area contributed by atoms with Crippen molar-refractivity contribution in [1.29, 1.82) is 0 Å². The minimum atomic E-state index is -0.125. The number of benzene rings is 1. The van der Waals surface area contributed by atoms with E-state index in [1.54, 1.807) is 0 Å². The summed E-state index contributed by atoms with van der Waals surface area (Å²) in [5, 5.41) is 9.81. The topological polar surface area (TPSA) is 33.1 Å². The second-order valence-corrected chi connectivity index (χ2v) is 5.33. The molecule has 0 spiro atoms. The fraction of sp³-hybridized carbons (Fsp3) is 0.100. The minimum Gasteiger partial charge on any atom is -0.390 e. The number of hydrogen-bond acceptors (Lipinski definition) is 3. The molecule has 0 aliphatic rings. The third kappa shape index (κ3) is 2.23. The molecule has 2 nitrogen and oxygen atoms in total. The van der Waals surface area contributed by atoms with Crippen molar-refractivity contribution in [1.82, 2.24) is 4.98 Å². The lowest BCUT2D eigenvalue weighted by Gasteiger charge is -1.98. The first-order valence-corrected chi connectivity index (χ1v) is 6.22. The van der Waals surface area contributed by atoms with Crippen LogP contribution in [0, 0.1) is 0 Å². The molecule has 1 aromatic heterocycles. The summed E-state index contributed by atoms with van der Waals surface area (Å²) in [6.07, 6.45) is 0. The summed E-state index contributed by atoms with van der Waals surface area (Å²) in [6, 6.07) is 7.79. The van der Waals surface area contributed by atoms with Gasteiger partial charge in [0.15, 0.2) is 0 Å². The highest BCUT2D eigenvalue weighted by molar-refractivity contribution is 9.10. The van der Waals surface area contributed by atoms with Crippen molar-refractivity contribution in [2.24, 2.45) is 0 Å². The fourth-order valence-electron chi connectivity index (χ4n) is 1.18. The number of nitrogens with zero attached hydrogens (tertiary/aromatic N) is 1. The summed E-state index contributed by atoms with van der Waals surface area (Å²) in [5.74, 6) is 0. The van der Waals surface area contributed by atoms with Gasteiger partial charge in [0.1, 0.15) is 9.34 Å². The van der Waals surface area contributed by atoms with E-state index in [2.05, 4.69) is 20.9 Å². The quantitative estimate of drug-likeness (QED) is 0.917. The second-order valence-electron chi connectivity index (χ2n) is 2.88. The molecule has 0 radical (unpaired) electrons. The lowest BCUT2D eigenvalue weighted by Crippen LogP contribution is -1.84. The Hall–Kier alpha value is -0.420. The Labute approximate surface area is 105 Å². The summed E-state index contributed by atoms with van der Waals surface area (Å²) < 4.78 is 1.52. The average Bonchev–Trinajstić information content (AvgIpc) is 2.60. The maximum atomic E-state index is 9.00. The van der Waals surface area contributed by atoms with Crippen molar-refractivity contribution in [3.05, 3.63) is 38.8 Å². The average molecular weight is 305 g/mol. The molecule has 1 N–H and O–H groups in total. The van der Waals surface area contributed by atoms with E-state index in [0.717, 1.165) is 15.0 Å². The summed E-state index contributed by atoms with van der Waals surface area (Å²) in [4.78, 5) is 4.27. The Morgan fingerprint density at radius 3 is 2.73 bits per heavy atom. The van der Waals surface area contributed by atoms with Crippen LogP contribution in [0.5, 0.6) is 0 Å². The second kappa shape index (κ2) is 4.61. The zero-order valence-electron chi connectivity index (χ0n) is 7.58. The first-order chi connectivity index (χ1) is 7.22. The number of rotatable bonds is 2. The summed E-state index contributed by atoms with van der Waals surface area (Å²) >= 11 is 10.7. The zero-order chi connectivity index (χ0) is 10.8. The van der Waals surface area contributed by atoms with Crippen molar-refractivity contribution in [3.63, 3.8) is 0 Å². The van der Waals surface area contributed by atoms with Crippen molar-refractivity contribution in [3.8, 4) is 10.6 Å². The highest BCUT2D eigenvalue weighted by Crippen LogP contribution is 2.35. The SMILES string of the molecule is OCc1nc(-c2ccccc2Br)sc1Cl. The monoisotopic (exact) mass is 303 g/mol. The molecule has 2 rings (SSSR count). The van der Waals surface area contributed by atoms with Gasteiger partial charge in [-0.05, 0) is 6.07 Å². The largest absolute Gasteiger partial charge is 0.390 e. The van der Waals surface area contributed by atoms with Gasteiger partial charge in [0.2, 0.25) is 0 Å². The molecular formula is C10H7BrClNOS. The lowest BCUT2D eigenvalue weighted by molar-refractivity contribution is 0.278. The first-order valence-electron chi connectivity index (χ1n) is 4.23. The van der Waals surface area contributed by atoms with Crippen LogP contribution in [0.15, 0.2) is 28.7 Å². The molecule has 2 aromatic rings. The van der Waals surface area contributed by atoms with Gasteiger partial charge in [-0.15, -0.1) is 11.3 Å². The molecule has 0 bridgehead atoms. The van der Waals surface area contributed by atoms with Gasteiger partial charge in [0.05, 0.1) is 12.3 Å². The molecule has 0 amide bonds. The number of aromatic nitrogens is 1. The predicted octanol–water partition coefficient (Wildman–Crippen LogP) is 3.72. The normalized spacial score (nSPS) is 10.6. The lowest BCUT2D eigenvalue weighted by atomic mass is 10.2. The van der Waals surface area contributed by atoms with E-state index in [-0.39, 0.29) is 6.61 Å². The Bertz CT molecular complexity index is 486. The zero-order valence-corrected chi connectivity index (χ0v) is 10.7. The molecule has 5 heteroatoms. The number of aliphatic hydroxyl groups excluding tert-OH is 1. The Balaban J connectivity index is 2.50. The Morgan fingerprint density at radius 1 is 1.40 bits per heavy atom. The van der Waals surface area contributed by atoms with Gasteiger partial charge in [0.25, 0.3) is 0 Å². The van der Waals surface area contributed by atoms with Gasteiger partial charge in [-0.1, -0.05) is 45.7 Å². The van der Waals surface area contributed by atoms with Gasteiger partial charge >= 0.3 is 0 Å². The Kier molecular flexibility index (Phi) is 3.41. The van der Waals surface area contributed by atoms with E-state index < -0.39 is 0 Å². The van der Waals surface area contributed by atoms with Crippen molar-refractivity contribution in [2.45, 2.75) is 6.61 Å². The standard InChI is InChI=1S/C10H7BrClNOS/c11-7-4-2-1-3-6(7)10-13-8(5-14)9(12)15-10/h1-4,14H,5H2. The van der Waals surface area contributed by atoms with Crippen molar-refractivity contribution >= 4 is 38.9 Å². The van der Waals surface area contributed by atoms with Gasteiger partial charge in [-0.25, -0.2) is 4.98 Å². The third-order valence-corrected chi connectivity index (χ3v) is 3.96. The van der Waals surface area contributed by atoms with E-state index in [1.807, 2.05) is 24.3 Å². The highest BCUT2D eigenvalue weighted by atomic mass is 79.9. The summed E-state index contributed by atoms with van der Waals surface area (Å²) in [5.41, 5.74) is 1.52. The van der Waals surface area contributed by atoms with E-state index in [9.17, 15) is 0 Å². The first kappa shape index (κ1) is 11.1. The molecule has 0 aliphatic carbocycles. The number of thiazole rings is 1. The highest BCUT2D eigenvalue weighted by Gasteiger charge is 2.11. The maximum absolute atomic E-state index is 9.00. The molecule has 0 saturated carbocycles. The Morgan fingerprint density at radius 2 is 2.13 bits per heavy atom. The molecule has 1 aromatic carbocycles. The molecule has 0 unspecified atom stereocenters. The van der Waals surface area contributed by atoms with E-state index in [0.29, 0.717) is 10.0 Å². The van der Waals surface area contributed by atoms with Crippen LogP contribution in [0.1, 0.15) is 5.69 Å². The number of halogens is 2. The molecule has 0 saturated heterocycles. The van der Waals surface area contributed by atoms with Crippen molar-refractivity contribution in [2.75, 3.05) is 0 Å². The van der Waals surface area contributed by atoms with E-state index in [1.165, 1.54) is 11.3 Å². The number of aliphatic hydroxyl groups is 1. The molecule has 78 valence electrons. The van der Waals surface area contributed by atoms with Gasteiger partial charge < -0.3 is 5.11 Å². The number of hydrogen-bond donors (Lipinski definition) is 1. The van der Waals surface area contributed by atoms with Crippen LogP contribution in [-0.2, 0) is 6.61 Å². The minimum absolute atomic E-state index is 0.125. The van der Waals surface area contributed by atoms with Gasteiger partial charge in [0, 0.05) is 10.0 Å². The molecular weight excluding hydrogens is 298 g/mol. The van der Waals surface area contributed by atoms with Crippen LogP contribution in [0.25, 0.3) is 10.6 Å².